The predicted molar refractivity (Wildman–Crippen MR) is 165 cm³/mol. The van der Waals surface area contributed by atoms with Crippen molar-refractivity contribution < 1.29 is 19.8 Å². The molecule has 0 bridgehead atoms. The van der Waals surface area contributed by atoms with E-state index in [9.17, 15) is 14.7 Å². The zero-order valence-electron chi connectivity index (χ0n) is 23.7. The number of rotatable bonds is 10. The van der Waals surface area contributed by atoms with Crippen molar-refractivity contribution in [3.8, 4) is 0 Å². The normalized spacial score (nSPS) is 15.5. The maximum atomic E-state index is 12.4. The lowest BCUT2D eigenvalue weighted by Crippen LogP contribution is -2.43. The summed E-state index contributed by atoms with van der Waals surface area (Å²) in [6, 6.07) is 23.0. The Hall–Kier alpha value is -4.08. The molecule has 3 aromatic rings. The van der Waals surface area contributed by atoms with Gasteiger partial charge < -0.3 is 31.6 Å². The maximum absolute atomic E-state index is 12.4. The lowest BCUT2D eigenvalue weighted by atomic mass is 9.84. The molecule has 2 atom stereocenters. The number of guanidine groups is 1. The van der Waals surface area contributed by atoms with Crippen LogP contribution in [-0.4, -0.2) is 40.7 Å². The molecule has 1 fully saturated rings. The quantitative estimate of drug-likeness (QED) is 0.0950. The molecule has 0 spiro atoms. The van der Waals surface area contributed by atoms with Gasteiger partial charge in [0.1, 0.15) is 0 Å². The second-order valence-electron chi connectivity index (χ2n) is 10.6. The second-order valence-corrected chi connectivity index (χ2v) is 11.1. The van der Waals surface area contributed by atoms with Crippen LogP contribution in [0.2, 0.25) is 5.02 Å². The van der Waals surface area contributed by atoms with Gasteiger partial charge in [0.2, 0.25) is 5.96 Å². The number of carboxylic acid groups (broad SMARTS) is 1. The van der Waals surface area contributed by atoms with Gasteiger partial charge >= 0.3 is 5.97 Å². The Kier molecular flexibility index (Phi) is 10.8. The van der Waals surface area contributed by atoms with Crippen LogP contribution in [0.4, 0.5) is 5.69 Å². The number of aliphatic carboxylic acids is 1. The number of nitrogens with zero attached hydrogens (tertiary/aromatic N) is 2. The van der Waals surface area contributed by atoms with Crippen LogP contribution in [0.3, 0.4) is 0 Å². The maximum Gasteiger partial charge on any atom is 0.334 e. The van der Waals surface area contributed by atoms with Crippen molar-refractivity contribution in [3.05, 3.63) is 100 Å². The van der Waals surface area contributed by atoms with Gasteiger partial charge in [0.05, 0.1) is 19.1 Å². The van der Waals surface area contributed by atoms with E-state index in [1.54, 1.807) is 12.1 Å². The van der Waals surface area contributed by atoms with Crippen molar-refractivity contribution in [1.29, 1.82) is 0 Å². The molecule has 1 aliphatic rings. The number of nitrogens with one attached hydrogen (secondary N) is 2. The van der Waals surface area contributed by atoms with Crippen molar-refractivity contribution in [1.82, 2.24) is 10.6 Å². The van der Waals surface area contributed by atoms with Gasteiger partial charge in [0.25, 0.3) is 5.91 Å². The minimum Gasteiger partial charge on any atom is -0.479 e. The van der Waals surface area contributed by atoms with E-state index >= 15 is 0 Å². The fourth-order valence-corrected chi connectivity index (χ4v) is 5.31. The standard InChI is InChI=1S/C32H38ClN5O4/c1-21(23-11-15-27(33)16-12-23)36-32(37-34)38(28-17-13-25(14-18-28)24-5-3-2-4-6-24)20-22-7-9-26(10-8-22)30(40)35-19-29(39)31(41)42/h7-18,21,24,29,39H,2-6,19-20,34H2,1H3,(H,35,40)(H,36,37)(H,41,42)/t21?,29-/m1/s1. The largest absolute Gasteiger partial charge is 0.479 e. The van der Waals surface area contributed by atoms with Gasteiger partial charge in [-0.2, -0.15) is 0 Å². The molecule has 6 N–H and O–H groups in total. The number of hydrazone groups is 1. The smallest absolute Gasteiger partial charge is 0.334 e. The topological polar surface area (TPSA) is 140 Å². The summed E-state index contributed by atoms with van der Waals surface area (Å²) in [7, 11) is 0. The highest BCUT2D eigenvalue weighted by molar-refractivity contribution is 6.30. The number of carbonyl (C=O) groups is 2. The van der Waals surface area contributed by atoms with Crippen LogP contribution < -0.4 is 21.4 Å². The Balaban J connectivity index is 1.54. The van der Waals surface area contributed by atoms with E-state index in [0.717, 1.165) is 16.8 Å². The number of hydrogen-bond donors (Lipinski definition) is 5. The Bertz CT molecular complexity index is 1360. The third-order valence-corrected chi connectivity index (χ3v) is 7.92. The lowest BCUT2D eigenvalue weighted by molar-refractivity contribution is -0.146. The fraction of sp³-hybridized carbons (Fsp3) is 0.344. The van der Waals surface area contributed by atoms with E-state index in [1.165, 1.54) is 37.7 Å². The summed E-state index contributed by atoms with van der Waals surface area (Å²) in [6.07, 6.45) is 4.61. The summed E-state index contributed by atoms with van der Waals surface area (Å²) >= 11 is 6.08. The van der Waals surface area contributed by atoms with Crippen LogP contribution in [0.5, 0.6) is 0 Å². The number of benzene rings is 3. The molecule has 0 heterocycles. The summed E-state index contributed by atoms with van der Waals surface area (Å²) in [6.45, 7) is 2.06. The van der Waals surface area contributed by atoms with Gasteiger partial charge in [-0.3, -0.25) is 4.79 Å². The SMILES string of the molecule is CC(N/C(=N/N)N(Cc1ccc(C(=O)NC[C@@H](O)C(=O)O)cc1)c1ccc(C2CCCCC2)cc1)c1ccc(Cl)cc1. The molecule has 1 amide bonds. The number of hydrogen-bond acceptors (Lipinski definition) is 5. The molecule has 42 heavy (non-hydrogen) atoms. The number of amides is 1. The van der Waals surface area contributed by atoms with Crippen LogP contribution in [0.1, 0.15) is 78.0 Å². The Morgan fingerprint density at radius 2 is 1.64 bits per heavy atom. The van der Waals surface area contributed by atoms with Crippen LogP contribution in [0.15, 0.2) is 77.9 Å². The van der Waals surface area contributed by atoms with Crippen LogP contribution in [-0.2, 0) is 11.3 Å². The predicted octanol–water partition coefficient (Wildman–Crippen LogP) is 5.15. The van der Waals surface area contributed by atoms with Crippen LogP contribution in [0.25, 0.3) is 0 Å². The molecule has 4 rings (SSSR count). The Morgan fingerprint density at radius 3 is 2.24 bits per heavy atom. The highest BCUT2D eigenvalue weighted by atomic mass is 35.5. The average molecular weight is 592 g/mol. The molecular weight excluding hydrogens is 554 g/mol. The van der Waals surface area contributed by atoms with E-state index < -0.39 is 18.0 Å². The number of nitrogens with two attached hydrogens (primary N) is 1. The average Bonchev–Trinajstić information content (AvgIpc) is 3.02. The van der Waals surface area contributed by atoms with Crippen molar-refractivity contribution in [3.63, 3.8) is 0 Å². The fourth-order valence-electron chi connectivity index (χ4n) is 5.19. The van der Waals surface area contributed by atoms with E-state index in [0.29, 0.717) is 29.0 Å². The van der Waals surface area contributed by atoms with Crippen LogP contribution >= 0.6 is 11.6 Å². The highest BCUT2D eigenvalue weighted by Gasteiger charge is 2.20. The minimum atomic E-state index is -1.66. The van der Waals surface area contributed by atoms with Gasteiger partial charge in [-0.05, 0) is 78.8 Å². The number of aliphatic hydroxyl groups excluding tert-OH is 1. The summed E-state index contributed by atoms with van der Waals surface area (Å²) in [5.41, 5.74) is 4.53. The molecule has 0 aliphatic heterocycles. The van der Waals surface area contributed by atoms with Crippen molar-refractivity contribution in [2.45, 2.75) is 63.6 Å². The van der Waals surface area contributed by atoms with Gasteiger partial charge in [0, 0.05) is 16.3 Å². The summed E-state index contributed by atoms with van der Waals surface area (Å²) in [4.78, 5) is 25.3. The Labute approximate surface area is 251 Å². The van der Waals surface area contributed by atoms with Crippen molar-refractivity contribution in [2.75, 3.05) is 11.4 Å². The molecule has 1 aliphatic carbocycles. The summed E-state index contributed by atoms with van der Waals surface area (Å²) in [5.74, 6) is 5.15. The first-order valence-electron chi connectivity index (χ1n) is 14.2. The van der Waals surface area contributed by atoms with Gasteiger partial charge in [-0.25, -0.2) is 4.79 Å². The zero-order chi connectivity index (χ0) is 30.1. The molecule has 0 saturated heterocycles. The van der Waals surface area contributed by atoms with E-state index in [-0.39, 0.29) is 12.6 Å². The molecule has 1 saturated carbocycles. The van der Waals surface area contributed by atoms with Gasteiger partial charge in [-0.15, -0.1) is 5.10 Å². The van der Waals surface area contributed by atoms with Crippen molar-refractivity contribution in [2.24, 2.45) is 10.9 Å². The number of carbonyl (C=O) groups excluding carboxylic acids is 1. The van der Waals surface area contributed by atoms with E-state index in [1.807, 2.05) is 48.2 Å². The molecule has 3 aromatic carbocycles. The second kappa shape index (κ2) is 14.7. The number of aliphatic hydroxyl groups is 1. The third-order valence-electron chi connectivity index (χ3n) is 7.67. The van der Waals surface area contributed by atoms with Gasteiger partial charge in [0.15, 0.2) is 6.10 Å². The number of halogens is 1. The van der Waals surface area contributed by atoms with E-state index in [4.69, 9.17) is 22.6 Å². The first kappa shape index (κ1) is 30.9. The molecule has 0 radical (unpaired) electrons. The van der Waals surface area contributed by atoms with Crippen LogP contribution in [0, 0.1) is 0 Å². The molecule has 1 unspecified atom stereocenters. The monoisotopic (exact) mass is 591 g/mol. The molecule has 9 nitrogen and oxygen atoms in total. The minimum absolute atomic E-state index is 0.110. The van der Waals surface area contributed by atoms with Crippen molar-refractivity contribution >= 4 is 35.1 Å². The first-order valence-corrected chi connectivity index (χ1v) is 14.6. The third kappa shape index (κ3) is 8.24. The Morgan fingerprint density at radius 1 is 1.00 bits per heavy atom. The summed E-state index contributed by atoms with van der Waals surface area (Å²) in [5, 5.41) is 28.9. The summed E-state index contributed by atoms with van der Waals surface area (Å²) < 4.78 is 0. The van der Waals surface area contributed by atoms with Gasteiger partial charge in [-0.1, -0.05) is 67.3 Å². The molecule has 222 valence electrons. The zero-order valence-corrected chi connectivity index (χ0v) is 24.4. The number of anilines is 1. The number of carboxylic acids is 1. The lowest BCUT2D eigenvalue weighted by Gasteiger charge is -2.29. The first-order chi connectivity index (χ1) is 20.2. The molecule has 0 aromatic heterocycles. The molecular formula is C32H38ClN5O4. The highest BCUT2D eigenvalue weighted by Crippen LogP contribution is 2.33. The van der Waals surface area contributed by atoms with E-state index in [2.05, 4.69) is 40.0 Å². The molecule has 10 heteroatoms.